The zero-order valence-electron chi connectivity index (χ0n) is 11.8. The SMILES string of the molecule is CCCc1cc(O)cc2c(=O)c(CC)c(CC)[nH]c12. The Morgan fingerprint density at radius 3 is 2.47 bits per heavy atom. The third kappa shape index (κ3) is 2.37. The number of pyridine rings is 1. The number of phenolic OH excluding ortho intramolecular Hbond substituents is 1. The van der Waals surface area contributed by atoms with Crippen LogP contribution in [-0.4, -0.2) is 10.1 Å². The maximum Gasteiger partial charge on any atom is 0.192 e. The van der Waals surface area contributed by atoms with Crippen LogP contribution in [-0.2, 0) is 19.3 Å². The summed E-state index contributed by atoms with van der Waals surface area (Å²) in [4.78, 5) is 15.9. The summed E-state index contributed by atoms with van der Waals surface area (Å²) >= 11 is 0. The molecule has 0 amide bonds. The van der Waals surface area contributed by atoms with Gasteiger partial charge < -0.3 is 10.1 Å². The van der Waals surface area contributed by atoms with Crippen molar-refractivity contribution in [3.63, 3.8) is 0 Å². The van der Waals surface area contributed by atoms with Crippen LogP contribution in [0.2, 0.25) is 0 Å². The van der Waals surface area contributed by atoms with E-state index in [9.17, 15) is 9.90 Å². The first-order chi connectivity index (χ1) is 9.12. The molecule has 2 N–H and O–H groups in total. The molecule has 0 radical (unpaired) electrons. The van der Waals surface area contributed by atoms with Crippen LogP contribution >= 0.6 is 0 Å². The number of aromatic nitrogens is 1. The van der Waals surface area contributed by atoms with Crippen molar-refractivity contribution >= 4 is 10.9 Å². The molecule has 0 unspecified atom stereocenters. The largest absolute Gasteiger partial charge is 0.508 e. The fourth-order valence-corrected chi connectivity index (χ4v) is 2.68. The van der Waals surface area contributed by atoms with E-state index < -0.39 is 0 Å². The minimum Gasteiger partial charge on any atom is -0.508 e. The molecule has 0 aliphatic heterocycles. The smallest absolute Gasteiger partial charge is 0.192 e. The van der Waals surface area contributed by atoms with Gasteiger partial charge in [-0.3, -0.25) is 4.79 Å². The van der Waals surface area contributed by atoms with Gasteiger partial charge in [0.25, 0.3) is 0 Å². The van der Waals surface area contributed by atoms with Crippen molar-refractivity contribution in [3.8, 4) is 5.75 Å². The molecular weight excluding hydrogens is 238 g/mol. The number of aromatic hydroxyl groups is 1. The van der Waals surface area contributed by atoms with Crippen molar-refractivity contribution < 1.29 is 5.11 Å². The Morgan fingerprint density at radius 2 is 1.89 bits per heavy atom. The van der Waals surface area contributed by atoms with Crippen LogP contribution in [0, 0.1) is 0 Å². The van der Waals surface area contributed by atoms with Gasteiger partial charge >= 0.3 is 0 Å². The molecule has 19 heavy (non-hydrogen) atoms. The van der Waals surface area contributed by atoms with Crippen molar-refractivity contribution in [3.05, 3.63) is 39.2 Å². The monoisotopic (exact) mass is 259 g/mol. The summed E-state index contributed by atoms with van der Waals surface area (Å²) in [5.74, 6) is 0.174. The lowest BCUT2D eigenvalue weighted by atomic mass is 10.00. The van der Waals surface area contributed by atoms with Crippen LogP contribution in [0.1, 0.15) is 44.0 Å². The quantitative estimate of drug-likeness (QED) is 0.885. The lowest BCUT2D eigenvalue weighted by Gasteiger charge is -2.12. The van der Waals surface area contributed by atoms with Crippen LogP contribution < -0.4 is 5.43 Å². The van der Waals surface area contributed by atoms with E-state index in [-0.39, 0.29) is 11.2 Å². The van der Waals surface area contributed by atoms with Gasteiger partial charge in [0.15, 0.2) is 5.43 Å². The van der Waals surface area contributed by atoms with E-state index in [0.717, 1.165) is 41.6 Å². The van der Waals surface area contributed by atoms with Gasteiger partial charge in [-0.1, -0.05) is 27.2 Å². The molecular formula is C16H21NO2. The average Bonchev–Trinajstić information content (AvgIpc) is 2.39. The zero-order valence-corrected chi connectivity index (χ0v) is 11.8. The number of nitrogens with one attached hydrogen (secondary N) is 1. The second kappa shape index (κ2) is 5.47. The highest BCUT2D eigenvalue weighted by molar-refractivity contribution is 5.84. The van der Waals surface area contributed by atoms with E-state index in [1.807, 2.05) is 6.92 Å². The van der Waals surface area contributed by atoms with E-state index in [1.54, 1.807) is 12.1 Å². The van der Waals surface area contributed by atoms with Gasteiger partial charge in [0.05, 0.1) is 5.52 Å². The number of fused-ring (bicyclic) bond motifs is 1. The van der Waals surface area contributed by atoms with Crippen LogP contribution in [0.15, 0.2) is 16.9 Å². The van der Waals surface area contributed by atoms with Crippen molar-refractivity contribution in [2.45, 2.75) is 46.5 Å². The van der Waals surface area contributed by atoms with Gasteiger partial charge in [-0.15, -0.1) is 0 Å². The Labute approximate surface area is 113 Å². The van der Waals surface area contributed by atoms with Crippen molar-refractivity contribution in [1.82, 2.24) is 4.98 Å². The lowest BCUT2D eigenvalue weighted by Crippen LogP contribution is -2.14. The van der Waals surface area contributed by atoms with Crippen molar-refractivity contribution in [2.24, 2.45) is 0 Å². The fraction of sp³-hybridized carbons (Fsp3) is 0.438. The number of aryl methyl sites for hydroxylation is 2. The van der Waals surface area contributed by atoms with Gasteiger partial charge in [-0.25, -0.2) is 0 Å². The van der Waals surface area contributed by atoms with Crippen molar-refractivity contribution in [2.75, 3.05) is 0 Å². The summed E-state index contributed by atoms with van der Waals surface area (Å²) in [5.41, 5.74) is 3.82. The second-order valence-corrected chi connectivity index (χ2v) is 4.90. The number of phenols is 1. The van der Waals surface area contributed by atoms with Gasteiger partial charge in [-0.05, 0) is 37.0 Å². The Kier molecular flexibility index (Phi) is 3.93. The Balaban J connectivity index is 2.87. The van der Waals surface area contributed by atoms with E-state index >= 15 is 0 Å². The topological polar surface area (TPSA) is 53.1 Å². The molecule has 2 rings (SSSR count). The summed E-state index contributed by atoms with van der Waals surface area (Å²) < 4.78 is 0. The molecule has 0 bridgehead atoms. The minimum absolute atomic E-state index is 0.0568. The molecule has 0 saturated carbocycles. The number of rotatable bonds is 4. The summed E-state index contributed by atoms with van der Waals surface area (Å²) in [6.07, 6.45) is 3.38. The number of hydrogen-bond acceptors (Lipinski definition) is 2. The zero-order chi connectivity index (χ0) is 14.0. The average molecular weight is 259 g/mol. The molecule has 0 saturated heterocycles. The second-order valence-electron chi connectivity index (χ2n) is 4.90. The van der Waals surface area contributed by atoms with Gasteiger partial charge in [0.2, 0.25) is 0 Å². The molecule has 0 atom stereocenters. The molecule has 0 spiro atoms. The Morgan fingerprint density at radius 1 is 1.16 bits per heavy atom. The predicted molar refractivity (Wildman–Crippen MR) is 79.0 cm³/mol. The van der Waals surface area contributed by atoms with E-state index in [2.05, 4.69) is 18.8 Å². The van der Waals surface area contributed by atoms with Gasteiger partial charge in [0.1, 0.15) is 5.75 Å². The normalized spacial score (nSPS) is 11.1. The third-order valence-electron chi connectivity index (χ3n) is 3.59. The fourth-order valence-electron chi connectivity index (χ4n) is 2.68. The van der Waals surface area contributed by atoms with Crippen molar-refractivity contribution in [1.29, 1.82) is 0 Å². The highest BCUT2D eigenvalue weighted by atomic mass is 16.3. The minimum atomic E-state index is 0.0568. The molecule has 1 heterocycles. The van der Waals surface area contributed by atoms with Crippen LogP contribution in [0.4, 0.5) is 0 Å². The summed E-state index contributed by atoms with van der Waals surface area (Å²) in [6, 6.07) is 3.33. The maximum absolute atomic E-state index is 12.5. The molecule has 0 aliphatic carbocycles. The molecule has 0 fully saturated rings. The van der Waals surface area contributed by atoms with Crippen LogP contribution in [0.25, 0.3) is 10.9 Å². The highest BCUT2D eigenvalue weighted by Gasteiger charge is 2.13. The molecule has 3 nitrogen and oxygen atoms in total. The van der Waals surface area contributed by atoms with Gasteiger partial charge in [0, 0.05) is 16.6 Å². The maximum atomic E-state index is 12.5. The number of aromatic amines is 1. The first kappa shape index (κ1) is 13.7. The predicted octanol–water partition coefficient (Wildman–Crippen LogP) is 3.31. The molecule has 1 aromatic carbocycles. The number of hydrogen-bond donors (Lipinski definition) is 2. The molecule has 1 aromatic heterocycles. The van der Waals surface area contributed by atoms with E-state index in [1.165, 1.54) is 0 Å². The highest BCUT2D eigenvalue weighted by Crippen LogP contribution is 2.24. The van der Waals surface area contributed by atoms with Crippen LogP contribution in [0.3, 0.4) is 0 Å². The van der Waals surface area contributed by atoms with Crippen LogP contribution in [0.5, 0.6) is 5.75 Å². The number of benzene rings is 1. The molecule has 0 aliphatic rings. The first-order valence-electron chi connectivity index (χ1n) is 7.01. The van der Waals surface area contributed by atoms with Gasteiger partial charge in [-0.2, -0.15) is 0 Å². The number of H-pyrrole nitrogens is 1. The van der Waals surface area contributed by atoms with E-state index in [4.69, 9.17) is 0 Å². The van der Waals surface area contributed by atoms with E-state index in [0.29, 0.717) is 11.8 Å². The Hall–Kier alpha value is -1.77. The molecule has 102 valence electrons. The standard InChI is InChI=1S/C16H21NO2/c1-4-7-10-8-11(18)9-13-15(10)17-14(6-3)12(5-2)16(13)19/h8-9,18H,4-7H2,1-3H3,(H,17,19). The third-order valence-corrected chi connectivity index (χ3v) is 3.59. The summed E-state index contributed by atoms with van der Waals surface area (Å²) in [5, 5.41) is 10.4. The Bertz CT molecular complexity index is 656. The lowest BCUT2D eigenvalue weighted by molar-refractivity contribution is 0.475. The molecule has 3 heteroatoms. The summed E-state index contributed by atoms with van der Waals surface area (Å²) in [6.45, 7) is 6.14. The first-order valence-corrected chi connectivity index (χ1v) is 7.01. The summed E-state index contributed by atoms with van der Waals surface area (Å²) in [7, 11) is 0. The molecule has 2 aromatic rings.